The van der Waals surface area contributed by atoms with Crippen molar-refractivity contribution in [2.45, 2.75) is 101 Å². The number of hydrogen-bond donors (Lipinski definition) is 2. The van der Waals surface area contributed by atoms with Crippen molar-refractivity contribution in [2.75, 3.05) is 13.7 Å². The van der Waals surface area contributed by atoms with Crippen LogP contribution in [0.4, 0.5) is 0 Å². The summed E-state index contributed by atoms with van der Waals surface area (Å²) in [5, 5.41) is 15.7. The summed E-state index contributed by atoms with van der Waals surface area (Å²) in [5.41, 5.74) is 0. The van der Waals surface area contributed by atoms with Crippen molar-refractivity contribution in [3.63, 3.8) is 0 Å². The monoisotopic (exact) mass is 461 g/mol. The van der Waals surface area contributed by atoms with E-state index in [4.69, 9.17) is 10.2 Å². The van der Waals surface area contributed by atoms with Gasteiger partial charge < -0.3 is 16.4 Å². The van der Waals surface area contributed by atoms with Gasteiger partial charge in [0.1, 0.15) is 6.29 Å². The van der Waals surface area contributed by atoms with Gasteiger partial charge in [-0.25, -0.2) is 0 Å². The number of rotatable bonds is 8. The molecule has 2 rings (SSSR count). The fourth-order valence-corrected chi connectivity index (χ4v) is 11.3. The summed E-state index contributed by atoms with van der Waals surface area (Å²) in [6.45, 7) is 5.42. The van der Waals surface area contributed by atoms with Crippen LogP contribution in [0.25, 0.3) is 0 Å². The molecule has 0 atom stereocenters. The maximum atomic E-state index is 10.2. The molecule has 2 aliphatic rings. The quantitative estimate of drug-likeness (QED) is 0.253. The van der Waals surface area contributed by atoms with E-state index in [1.54, 1.807) is 0 Å². The molecule has 0 aliphatic carbocycles. The second-order valence-corrected chi connectivity index (χ2v) is 19.2. The Hall–Kier alpha value is 0.569. The SMILES string of the molecule is CO.C[Si]1(CCCC=O)CCC=CCC1.C[Si]1(CCCCO)CCC=CCC1.[B].[H-].[Na+]. The second-order valence-electron chi connectivity index (χ2n) is 8.96. The van der Waals surface area contributed by atoms with Crippen LogP contribution in [0.15, 0.2) is 24.3 Å². The molecule has 169 valence electrons. The van der Waals surface area contributed by atoms with Crippen molar-refractivity contribution in [3.8, 4) is 0 Å². The third-order valence-corrected chi connectivity index (χ3v) is 15.4. The van der Waals surface area contributed by atoms with Crippen LogP contribution in [-0.2, 0) is 4.79 Å². The van der Waals surface area contributed by atoms with Gasteiger partial charge in [0.2, 0.25) is 0 Å². The average Bonchev–Trinajstić information content (AvgIpc) is 3.05. The minimum atomic E-state index is -0.946. The molecule has 0 aromatic carbocycles. The molecule has 0 saturated carbocycles. The molecule has 0 bridgehead atoms. The number of aliphatic hydroxyl groups excluding tert-OH is 2. The molecule has 2 heterocycles. The Morgan fingerprint density at radius 2 is 1.17 bits per heavy atom. The molecule has 0 unspecified atom stereocenters. The summed E-state index contributed by atoms with van der Waals surface area (Å²) in [5.74, 6) is 0. The summed E-state index contributed by atoms with van der Waals surface area (Å²) < 4.78 is 0. The van der Waals surface area contributed by atoms with Crippen LogP contribution >= 0.6 is 0 Å². The smallest absolute Gasteiger partial charge is 1.00 e. The van der Waals surface area contributed by atoms with Crippen molar-refractivity contribution >= 4 is 30.8 Å². The normalized spacial score (nSPS) is 18.6. The summed E-state index contributed by atoms with van der Waals surface area (Å²) >= 11 is 0. The zero-order valence-corrected chi connectivity index (χ0v) is 24.4. The maximum Gasteiger partial charge on any atom is 1.00 e. The van der Waals surface area contributed by atoms with Crippen LogP contribution in [0.2, 0.25) is 49.4 Å². The zero-order valence-electron chi connectivity index (χ0n) is 21.4. The Kier molecular flexibility index (Phi) is 26.7. The van der Waals surface area contributed by atoms with Gasteiger partial charge in [0.25, 0.3) is 0 Å². The first-order chi connectivity index (χ1) is 13.5. The van der Waals surface area contributed by atoms with Crippen LogP contribution in [0.5, 0.6) is 0 Å². The zero-order chi connectivity index (χ0) is 21.1. The van der Waals surface area contributed by atoms with Gasteiger partial charge in [0, 0.05) is 28.6 Å². The van der Waals surface area contributed by atoms with E-state index in [1.165, 1.54) is 68.4 Å². The Morgan fingerprint density at radius 1 is 0.800 bits per heavy atom. The van der Waals surface area contributed by atoms with Crippen molar-refractivity contribution in [1.82, 2.24) is 0 Å². The van der Waals surface area contributed by atoms with Crippen LogP contribution in [-0.4, -0.2) is 54.8 Å². The standard InChI is InChI=1S/C11H22OSi.C11H20OSi.CH4O.B.Na.H/c2*1-13(11-7-4-8-12)9-5-2-3-6-10-13;1-2;;;/h2-3,12H,4-11H2,1H3;2-3,8H,4-7,9-11H2,1H3;2H,1H3;;;/q;;;;+1;-1. The third-order valence-electron chi connectivity index (χ3n) is 6.28. The molecular weight excluding hydrogens is 414 g/mol. The molecule has 7 heteroatoms. The fraction of sp³-hybridized carbons (Fsp3) is 0.783. The number of carbonyl (C=O) groups is 1. The Morgan fingerprint density at radius 3 is 1.50 bits per heavy atom. The first-order valence-electron chi connectivity index (χ1n) is 11.3. The van der Waals surface area contributed by atoms with Gasteiger partial charge in [-0.3, -0.25) is 0 Å². The van der Waals surface area contributed by atoms with E-state index in [9.17, 15) is 4.79 Å². The van der Waals surface area contributed by atoms with Gasteiger partial charge >= 0.3 is 29.6 Å². The molecule has 0 spiro atoms. The van der Waals surface area contributed by atoms with E-state index >= 15 is 0 Å². The van der Waals surface area contributed by atoms with E-state index in [-0.39, 0.29) is 39.4 Å². The molecule has 2 aliphatic heterocycles. The largest absolute Gasteiger partial charge is 1.00 e. The van der Waals surface area contributed by atoms with Gasteiger partial charge in [-0.05, 0) is 38.5 Å². The van der Waals surface area contributed by atoms with Gasteiger partial charge in [-0.2, -0.15) is 0 Å². The molecule has 0 saturated heterocycles. The van der Waals surface area contributed by atoms with E-state index in [1.807, 2.05) is 0 Å². The van der Waals surface area contributed by atoms with Gasteiger partial charge in [-0.15, -0.1) is 0 Å². The summed E-state index contributed by atoms with van der Waals surface area (Å²) in [6, 6.07) is 8.58. The summed E-state index contributed by atoms with van der Waals surface area (Å²) in [7, 11) is -0.843. The Labute approximate surface area is 214 Å². The average molecular weight is 462 g/mol. The molecule has 3 radical (unpaired) electrons. The van der Waals surface area contributed by atoms with Crippen LogP contribution in [0.1, 0.15) is 52.8 Å². The molecule has 0 aromatic heterocycles. The van der Waals surface area contributed by atoms with Crippen LogP contribution in [0, 0.1) is 0 Å². The summed E-state index contributed by atoms with van der Waals surface area (Å²) in [6.07, 6.45) is 19.8. The van der Waals surface area contributed by atoms with Crippen LogP contribution in [0.3, 0.4) is 0 Å². The fourth-order valence-electron chi connectivity index (χ4n) is 4.22. The Bertz CT molecular complexity index is 435. The third kappa shape index (κ3) is 18.2. The topological polar surface area (TPSA) is 57.5 Å². The van der Waals surface area contributed by atoms with Crippen LogP contribution < -0.4 is 29.6 Å². The number of allylic oxidation sites excluding steroid dienone is 4. The number of hydrogen-bond acceptors (Lipinski definition) is 3. The molecule has 0 aromatic rings. The Balaban J connectivity index is -0.000000200. The first kappa shape index (κ1) is 35.2. The van der Waals surface area contributed by atoms with Gasteiger partial charge in [0.15, 0.2) is 0 Å². The van der Waals surface area contributed by atoms with Crippen molar-refractivity contribution < 1.29 is 46.0 Å². The van der Waals surface area contributed by atoms with Crippen molar-refractivity contribution in [2.24, 2.45) is 0 Å². The molecule has 0 fully saturated rings. The maximum absolute atomic E-state index is 10.2. The second kappa shape index (κ2) is 22.8. The predicted molar refractivity (Wildman–Crippen MR) is 135 cm³/mol. The minimum absolute atomic E-state index is 0. The molecule has 2 N–H and O–H groups in total. The van der Waals surface area contributed by atoms with E-state index in [0.29, 0.717) is 6.61 Å². The summed E-state index contributed by atoms with van der Waals surface area (Å²) in [4.78, 5) is 10.2. The van der Waals surface area contributed by atoms with E-state index in [0.717, 1.165) is 32.7 Å². The van der Waals surface area contributed by atoms with Gasteiger partial charge in [0.05, 0.1) is 16.1 Å². The number of unbranched alkanes of at least 4 members (excludes halogenated alkanes) is 2. The number of aliphatic hydroxyl groups is 2. The van der Waals surface area contributed by atoms with Gasteiger partial charge in [-0.1, -0.05) is 80.1 Å². The van der Waals surface area contributed by atoms with Crippen molar-refractivity contribution in [1.29, 1.82) is 0 Å². The molecule has 0 amide bonds. The van der Waals surface area contributed by atoms with Crippen molar-refractivity contribution in [3.05, 3.63) is 24.3 Å². The first-order valence-corrected chi connectivity index (χ1v) is 17.6. The molecule has 30 heavy (non-hydrogen) atoms. The van der Waals surface area contributed by atoms with E-state index < -0.39 is 16.1 Å². The van der Waals surface area contributed by atoms with E-state index in [2.05, 4.69) is 37.4 Å². The molecule has 3 nitrogen and oxygen atoms in total. The number of aldehydes is 1. The minimum Gasteiger partial charge on any atom is -1.00 e. The molecular formula is C23H47BNaO3Si2. The number of carbonyl (C=O) groups excluding carboxylic acids is 1. The predicted octanol–water partition coefficient (Wildman–Crippen LogP) is 2.93.